The highest BCUT2D eigenvalue weighted by molar-refractivity contribution is 7.16. The first kappa shape index (κ1) is 29.5. The topological polar surface area (TPSA) is 72.7 Å². The Morgan fingerprint density at radius 2 is 1.81 bits per heavy atom. The third kappa shape index (κ3) is 5.71. The van der Waals surface area contributed by atoms with Gasteiger partial charge in [-0.05, 0) is 92.8 Å². The Hall–Kier alpha value is -3.97. The van der Waals surface area contributed by atoms with Crippen LogP contribution in [0.1, 0.15) is 80.9 Å². The number of hydrogen-bond donors (Lipinski definition) is 1. The Bertz CT molecular complexity index is 1670. The van der Waals surface area contributed by atoms with Gasteiger partial charge in [0.05, 0.1) is 18.2 Å². The van der Waals surface area contributed by atoms with E-state index in [1.54, 1.807) is 17.4 Å². The molecular formula is C35H39N3O3S. The molecule has 0 fully saturated rings. The molecule has 6 nitrogen and oxygen atoms in total. The van der Waals surface area contributed by atoms with Crippen molar-refractivity contribution in [3.63, 3.8) is 0 Å². The second-order valence-electron chi connectivity index (χ2n) is 12.2. The quantitative estimate of drug-likeness (QED) is 0.184. The number of ether oxygens (including phenoxy) is 1. The molecule has 0 unspecified atom stereocenters. The number of thiophene rings is 1. The highest BCUT2D eigenvalue weighted by atomic mass is 32.1. The molecule has 5 rings (SSSR count). The molecule has 0 radical (unpaired) electrons. The van der Waals surface area contributed by atoms with Gasteiger partial charge in [0.1, 0.15) is 5.00 Å². The first-order valence-electron chi connectivity index (χ1n) is 14.4. The predicted molar refractivity (Wildman–Crippen MR) is 172 cm³/mol. The summed E-state index contributed by atoms with van der Waals surface area (Å²) in [7, 11) is 1.40. The lowest BCUT2D eigenvalue weighted by Gasteiger charge is -2.33. The molecule has 0 saturated heterocycles. The van der Waals surface area contributed by atoms with Crippen LogP contribution < -0.4 is 5.32 Å². The molecular weight excluding hydrogens is 542 g/mol. The molecule has 0 spiro atoms. The Morgan fingerprint density at radius 1 is 1.07 bits per heavy atom. The number of nitrogens with zero attached hydrogens (tertiary/aromatic N) is 2. The van der Waals surface area contributed by atoms with Gasteiger partial charge in [-0.25, -0.2) is 9.79 Å². The van der Waals surface area contributed by atoms with Crippen molar-refractivity contribution in [1.29, 1.82) is 0 Å². The standard InChI is InChI=1S/C35H39N3O3S/c1-21-18-24(23(3)38(21)29-15-11-14-27(22(29)2)34(40)41-7)20-36-33-31(32(39)37-26-12-9-8-10-13-26)28-17-16-25(35(4,5)6)19-30(28)42-33/h8-15,18,20,25H,16-17,19H2,1-7H3,(H,37,39)/t25-/m1/s1. The molecule has 42 heavy (non-hydrogen) atoms. The van der Waals surface area contributed by atoms with Gasteiger partial charge in [-0.1, -0.05) is 45.0 Å². The summed E-state index contributed by atoms with van der Waals surface area (Å²) in [4.78, 5) is 32.3. The molecule has 1 amide bonds. The van der Waals surface area contributed by atoms with Crippen molar-refractivity contribution >= 4 is 40.1 Å². The van der Waals surface area contributed by atoms with Crippen LogP contribution in [-0.2, 0) is 17.6 Å². The fourth-order valence-corrected chi connectivity index (χ4v) is 7.23. The van der Waals surface area contributed by atoms with Crippen molar-refractivity contribution in [3.05, 3.63) is 98.7 Å². The lowest BCUT2D eigenvalue weighted by Crippen LogP contribution is -2.27. The third-order valence-electron chi connectivity index (χ3n) is 8.47. The molecule has 2 heterocycles. The Labute approximate surface area is 252 Å². The lowest BCUT2D eigenvalue weighted by atomic mass is 9.72. The zero-order valence-corrected chi connectivity index (χ0v) is 26.3. The van der Waals surface area contributed by atoms with Gasteiger partial charge in [0.2, 0.25) is 0 Å². The largest absolute Gasteiger partial charge is 0.465 e. The van der Waals surface area contributed by atoms with Crippen LogP contribution in [0.5, 0.6) is 0 Å². The number of aryl methyl sites for hydroxylation is 1. The zero-order chi connectivity index (χ0) is 30.2. The fourth-order valence-electron chi connectivity index (χ4n) is 5.96. The molecule has 2 aromatic heterocycles. The molecule has 1 aliphatic carbocycles. The van der Waals surface area contributed by atoms with Gasteiger partial charge in [0.25, 0.3) is 5.91 Å². The Morgan fingerprint density at radius 3 is 2.50 bits per heavy atom. The first-order valence-corrected chi connectivity index (χ1v) is 15.2. The minimum atomic E-state index is -0.352. The van der Waals surface area contributed by atoms with E-state index in [0.29, 0.717) is 17.0 Å². The second-order valence-corrected chi connectivity index (χ2v) is 13.3. The highest BCUT2D eigenvalue weighted by Crippen LogP contribution is 2.45. The summed E-state index contributed by atoms with van der Waals surface area (Å²) >= 11 is 1.65. The fraction of sp³-hybridized carbons (Fsp3) is 0.343. The molecule has 1 aliphatic rings. The van der Waals surface area contributed by atoms with Gasteiger partial charge in [-0.3, -0.25) is 4.79 Å². The number of nitrogens with one attached hydrogen (secondary N) is 1. The summed E-state index contributed by atoms with van der Waals surface area (Å²) in [5, 5.41) is 3.84. The zero-order valence-electron chi connectivity index (χ0n) is 25.5. The number of rotatable bonds is 6. The van der Waals surface area contributed by atoms with Crippen molar-refractivity contribution in [2.45, 2.75) is 60.8 Å². The number of methoxy groups -OCH3 is 1. The molecule has 218 valence electrons. The van der Waals surface area contributed by atoms with Crippen molar-refractivity contribution in [2.24, 2.45) is 16.3 Å². The molecule has 1 N–H and O–H groups in total. The van der Waals surface area contributed by atoms with Crippen LogP contribution in [0.2, 0.25) is 0 Å². The van der Waals surface area contributed by atoms with Crippen molar-refractivity contribution < 1.29 is 14.3 Å². The van der Waals surface area contributed by atoms with E-state index in [1.807, 2.05) is 62.5 Å². The maximum Gasteiger partial charge on any atom is 0.338 e. The number of hydrogen-bond acceptors (Lipinski definition) is 5. The van der Waals surface area contributed by atoms with Crippen molar-refractivity contribution in [3.8, 4) is 5.69 Å². The normalized spacial score (nSPS) is 15.1. The molecule has 0 saturated carbocycles. The number of carbonyl (C=O) groups is 2. The van der Waals surface area contributed by atoms with E-state index in [1.165, 1.54) is 12.0 Å². The average molecular weight is 582 g/mol. The number of anilines is 1. The van der Waals surface area contributed by atoms with Gasteiger partial charge < -0.3 is 14.6 Å². The number of aromatic nitrogens is 1. The van der Waals surface area contributed by atoms with Crippen molar-refractivity contribution in [2.75, 3.05) is 12.4 Å². The van der Waals surface area contributed by atoms with Gasteiger partial charge in [0.15, 0.2) is 0 Å². The Balaban J connectivity index is 1.53. The monoisotopic (exact) mass is 581 g/mol. The smallest absolute Gasteiger partial charge is 0.338 e. The average Bonchev–Trinajstić information content (AvgIpc) is 3.47. The summed E-state index contributed by atoms with van der Waals surface area (Å²) in [6.07, 6.45) is 4.78. The summed E-state index contributed by atoms with van der Waals surface area (Å²) in [5.41, 5.74) is 8.13. The minimum Gasteiger partial charge on any atom is -0.465 e. The molecule has 0 aliphatic heterocycles. The molecule has 7 heteroatoms. The van der Waals surface area contributed by atoms with E-state index in [-0.39, 0.29) is 17.3 Å². The van der Waals surface area contributed by atoms with Crippen LogP contribution in [0.4, 0.5) is 10.7 Å². The summed E-state index contributed by atoms with van der Waals surface area (Å²) < 4.78 is 7.13. The van der Waals surface area contributed by atoms with Gasteiger partial charge in [0, 0.05) is 39.4 Å². The van der Waals surface area contributed by atoms with E-state index in [0.717, 1.165) is 63.7 Å². The second kappa shape index (κ2) is 11.7. The lowest BCUT2D eigenvalue weighted by molar-refractivity contribution is 0.0599. The molecule has 4 aromatic rings. The number of benzene rings is 2. The predicted octanol–water partition coefficient (Wildman–Crippen LogP) is 8.40. The van der Waals surface area contributed by atoms with Gasteiger partial charge in [-0.2, -0.15) is 0 Å². The number of para-hydroxylation sites is 1. The molecule has 2 aromatic carbocycles. The van der Waals surface area contributed by atoms with E-state index in [2.05, 4.69) is 43.6 Å². The summed E-state index contributed by atoms with van der Waals surface area (Å²) in [6.45, 7) is 12.9. The van der Waals surface area contributed by atoms with Gasteiger partial charge >= 0.3 is 5.97 Å². The van der Waals surface area contributed by atoms with Crippen LogP contribution in [-0.4, -0.2) is 29.8 Å². The number of aliphatic imine (C=N–C) groups is 1. The van der Waals surface area contributed by atoms with Gasteiger partial charge in [-0.15, -0.1) is 11.3 Å². The van der Waals surface area contributed by atoms with Crippen LogP contribution >= 0.6 is 11.3 Å². The van der Waals surface area contributed by atoms with Crippen LogP contribution in [0, 0.1) is 32.1 Å². The highest BCUT2D eigenvalue weighted by Gasteiger charge is 2.33. The summed E-state index contributed by atoms with van der Waals surface area (Å²) in [5.74, 6) is 0.101. The number of amides is 1. The van der Waals surface area contributed by atoms with Crippen LogP contribution in [0.3, 0.4) is 0 Å². The number of carbonyl (C=O) groups excluding carboxylic acids is 2. The maximum atomic E-state index is 13.7. The van der Waals surface area contributed by atoms with E-state index in [4.69, 9.17) is 9.73 Å². The van der Waals surface area contributed by atoms with E-state index >= 15 is 0 Å². The van der Waals surface area contributed by atoms with Crippen LogP contribution in [0.25, 0.3) is 5.69 Å². The summed E-state index contributed by atoms with van der Waals surface area (Å²) in [6, 6.07) is 17.3. The Kier molecular flexibility index (Phi) is 8.24. The van der Waals surface area contributed by atoms with Crippen LogP contribution in [0.15, 0.2) is 59.6 Å². The minimum absolute atomic E-state index is 0.110. The maximum absolute atomic E-state index is 13.7. The van der Waals surface area contributed by atoms with Crippen molar-refractivity contribution in [1.82, 2.24) is 4.57 Å². The van der Waals surface area contributed by atoms with E-state index in [9.17, 15) is 9.59 Å². The third-order valence-corrected chi connectivity index (χ3v) is 9.64. The number of fused-ring (bicyclic) bond motifs is 1. The molecule has 0 bridgehead atoms. The van der Waals surface area contributed by atoms with E-state index < -0.39 is 0 Å². The molecule has 1 atom stereocenters. The number of esters is 1. The SMILES string of the molecule is COC(=O)c1cccc(-n2c(C)cc(C=Nc3sc4c(c3C(=O)Nc3ccccc3)CC[C@@H](C(C)(C)C)C4)c2C)c1C. The first-order chi connectivity index (χ1) is 20.0.